The summed E-state index contributed by atoms with van der Waals surface area (Å²) in [5, 5.41) is 0. The highest BCUT2D eigenvalue weighted by Crippen LogP contribution is 2.31. The number of thiocarbonyl (C=S) groups is 1. The van der Waals surface area contributed by atoms with Crippen LogP contribution in [0.2, 0.25) is 0 Å². The standard InChI is InChI=1S/C14H19FN2O2S2/c1-10-9-11(15)5-6-12(10)21(18,19)17-14(13(16)20)7-3-2-4-8-14/h5-6,9,17H,2-4,7-8H2,1H3,(H2,16,20). The van der Waals surface area contributed by atoms with E-state index < -0.39 is 21.4 Å². The number of hydrogen-bond donors (Lipinski definition) is 2. The lowest BCUT2D eigenvalue weighted by Gasteiger charge is -2.36. The zero-order chi connectivity index (χ0) is 15.7. The average molecular weight is 330 g/mol. The molecule has 0 radical (unpaired) electrons. The number of aryl methyl sites for hydroxylation is 1. The summed E-state index contributed by atoms with van der Waals surface area (Å²) in [7, 11) is -3.79. The minimum Gasteiger partial charge on any atom is -0.392 e. The zero-order valence-electron chi connectivity index (χ0n) is 11.9. The van der Waals surface area contributed by atoms with Crippen molar-refractivity contribution in [1.29, 1.82) is 0 Å². The van der Waals surface area contributed by atoms with Gasteiger partial charge in [0.2, 0.25) is 10.0 Å². The quantitative estimate of drug-likeness (QED) is 0.832. The van der Waals surface area contributed by atoms with E-state index in [2.05, 4.69) is 4.72 Å². The monoisotopic (exact) mass is 330 g/mol. The third-order valence-electron chi connectivity index (χ3n) is 3.93. The summed E-state index contributed by atoms with van der Waals surface area (Å²) in [4.78, 5) is 0.232. The van der Waals surface area contributed by atoms with Crippen LogP contribution in [0.5, 0.6) is 0 Å². The molecule has 0 unspecified atom stereocenters. The second-order valence-electron chi connectivity index (χ2n) is 5.52. The van der Waals surface area contributed by atoms with E-state index in [1.54, 1.807) is 6.92 Å². The zero-order valence-corrected chi connectivity index (χ0v) is 13.5. The molecule has 3 N–H and O–H groups in total. The Morgan fingerprint density at radius 1 is 1.33 bits per heavy atom. The van der Waals surface area contributed by atoms with Crippen molar-refractivity contribution >= 4 is 27.2 Å². The summed E-state index contributed by atoms with van der Waals surface area (Å²) in [6.07, 6.45) is 4.00. The minimum absolute atomic E-state index is 0.0603. The van der Waals surface area contributed by atoms with E-state index in [1.165, 1.54) is 12.1 Å². The van der Waals surface area contributed by atoms with Gasteiger partial charge in [-0.15, -0.1) is 0 Å². The molecule has 116 valence electrons. The summed E-state index contributed by atoms with van der Waals surface area (Å²) in [5.41, 5.74) is 5.28. The third kappa shape index (κ3) is 3.41. The van der Waals surface area contributed by atoms with Gasteiger partial charge in [-0.05, 0) is 43.5 Å². The Bertz CT molecular complexity index is 653. The molecule has 1 aliphatic carbocycles. The fourth-order valence-electron chi connectivity index (χ4n) is 2.78. The van der Waals surface area contributed by atoms with Gasteiger partial charge >= 0.3 is 0 Å². The van der Waals surface area contributed by atoms with Crippen molar-refractivity contribution in [3.8, 4) is 0 Å². The summed E-state index contributed by atoms with van der Waals surface area (Å²) >= 11 is 5.09. The van der Waals surface area contributed by atoms with Gasteiger partial charge in [-0.1, -0.05) is 31.5 Å². The molecule has 7 heteroatoms. The maximum Gasteiger partial charge on any atom is 0.241 e. The number of rotatable bonds is 4. The number of nitrogens with two attached hydrogens (primary N) is 1. The van der Waals surface area contributed by atoms with Crippen LogP contribution in [-0.4, -0.2) is 18.9 Å². The van der Waals surface area contributed by atoms with Gasteiger partial charge in [0, 0.05) is 0 Å². The number of halogens is 1. The molecule has 1 fully saturated rings. The highest BCUT2D eigenvalue weighted by atomic mass is 32.2. The summed E-state index contributed by atoms with van der Waals surface area (Å²) in [6, 6.07) is 3.60. The van der Waals surface area contributed by atoms with E-state index in [-0.39, 0.29) is 9.88 Å². The Labute approximate surface area is 130 Å². The molecule has 21 heavy (non-hydrogen) atoms. The first-order valence-corrected chi connectivity index (χ1v) is 8.76. The van der Waals surface area contributed by atoms with Gasteiger partial charge in [0.05, 0.1) is 15.4 Å². The summed E-state index contributed by atoms with van der Waals surface area (Å²) in [6.45, 7) is 1.56. The van der Waals surface area contributed by atoms with Crippen LogP contribution in [-0.2, 0) is 10.0 Å². The normalized spacial score (nSPS) is 18.4. The molecule has 1 aromatic carbocycles. The van der Waals surface area contributed by atoms with Crippen molar-refractivity contribution in [1.82, 2.24) is 4.72 Å². The first kappa shape index (κ1) is 16.3. The van der Waals surface area contributed by atoms with Crippen LogP contribution in [0.3, 0.4) is 0 Å². The molecule has 1 aromatic rings. The Morgan fingerprint density at radius 2 is 1.95 bits per heavy atom. The Kier molecular flexibility index (Phi) is 4.65. The van der Waals surface area contributed by atoms with Gasteiger partial charge in [-0.25, -0.2) is 12.8 Å². The van der Waals surface area contributed by atoms with Crippen molar-refractivity contribution in [2.24, 2.45) is 5.73 Å². The topological polar surface area (TPSA) is 72.2 Å². The highest BCUT2D eigenvalue weighted by Gasteiger charge is 2.39. The van der Waals surface area contributed by atoms with Crippen molar-refractivity contribution in [2.75, 3.05) is 0 Å². The maximum absolute atomic E-state index is 13.1. The predicted octanol–water partition coefficient (Wildman–Crippen LogP) is 2.40. The summed E-state index contributed by atoms with van der Waals surface area (Å²) in [5.74, 6) is -0.465. The van der Waals surface area contributed by atoms with Gasteiger partial charge in [-0.3, -0.25) is 0 Å². The molecule has 1 aliphatic rings. The van der Waals surface area contributed by atoms with Gasteiger partial charge in [0.1, 0.15) is 5.82 Å². The number of benzene rings is 1. The molecule has 0 bridgehead atoms. The van der Waals surface area contributed by atoms with E-state index >= 15 is 0 Å². The van der Waals surface area contributed by atoms with E-state index in [1.807, 2.05) is 0 Å². The van der Waals surface area contributed by atoms with E-state index in [0.29, 0.717) is 18.4 Å². The van der Waals surface area contributed by atoms with E-state index in [4.69, 9.17) is 18.0 Å². The van der Waals surface area contributed by atoms with Crippen molar-refractivity contribution in [3.63, 3.8) is 0 Å². The van der Waals surface area contributed by atoms with Crippen molar-refractivity contribution in [2.45, 2.75) is 49.5 Å². The molecular formula is C14H19FN2O2S2. The van der Waals surface area contributed by atoms with Crippen molar-refractivity contribution in [3.05, 3.63) is 29.6 Å². The van der Waals surface area contributed by atoms with Crippen LogP contribution < -0.4 is 10.5 Å². The number of sulfonamides is 1. The fraction of sp³-hybridized carbons (Fsp3) is 0.500. The second kappa shape index (κ2) is 5.98. The third-order valence-corrected chi connectivity index (χ3v) is 6.02. The van der Waals surface area contributed by atoms with Crippen molar-refractivity contribution < 1.29 is 12.8 Å². The highest BCUT2D eigenvalue weighted by molar-refractivity contribution is 7.89. The molecular weight excluding hydrogens is 311 g/mol. The average Bonchev–Trinajstić information content (AvgIpc) is 2.38. The first-order chi connectivity index (χ1) is 9.77. The smallest absolute Gasteiger partial charge is 0.241 e. The molecule has 0 aromatic heterocycles. The van der Waals surface area contributed by atoms with Crippen LogP contribution in [0.25, 0.3) is 0 Å². The molecule has 0 spiro atoms. The molecule has 2 rings (SSSR count). The van der Waals surface area contributed by atoms with Crippen LogP contribution in [0.4, 0.5) is 4.39 Å². The second-order valence-corrected chi connectivity index (χ2v) is 7.61. The van der Waals surface area contributed by atoms with Crippen LogP contribution in [0, 0.1) is 12.7 Å². The lowest BCUT2D eigenvalue weighted by Crippen LogP contribution is -2.57. The molecule has 4 nitrogen and oxygen atoms in total. The van der Waals surface area contributed by atoms with E-state index in [9.17, 15) is 12.8 Å². The Balaban J connectivity index is 2.37. The SMILES string of the molecule is Cc1cc(F)ccc1S(=O)(=O)NC1(C(N)=S)CCCCC1. The van der Waals surface area contributed by atoms with Gasteiger partial charge < -0.3 is 5.73 Å². The maximum atomic E-state index is 13.1. The largest absolute Gasteiger partial charge is 0.392 e. The number of hydrogen-bond acceptors (Lipinski definition) is 3. The first-order valence-electron chi connectivity index (χ1n) is 6.87. The minimum atomic E-state index is -3.79. The molecule has 1 saturated carbocycles. The Hall–Kier alpha value is -1.05. The number of nitrogens with one attached hydrogen (secondary N) is 1. The van der Waals surface area contributed by atoms with Crippen LogP contribution >= 0.6 is 12.2 Å². The molecule has 0 atom stereocenters. The molecule has 0 heterocycles. The fourth-order valence-corrected chi connectivity index (χ4v) is 4.77. The van der Waals surface area contributed by atoms with Gasteiger partial charge in [0.15, 0.2) is 0 Å². The van der Waals surface area contributed by atoms with E-state index in [0.717, 1.165) is 25.3 Å². The van der Waals surface area contributed by atoms with Crippen LogP contribution in [0.15, 0.2) is 23.1 Å². The lowest BCUT2D eigenvalue weighted by molar-refractivity contribution is 0.353. The van der Waals surface area contributed by atoms with Gasteiger partial charge in [0.25, 0.3) is 0 Å². The molecule has 0 aliphatic heterocycles. The predicted molar refractivity (Wildman–Crippen MR) is 84.1 cm³/mol. The lowest BCUT2D eigenvalue weighted by atomic mass is 9.82. The molecule has 0 saturated heterocycles. The van der Waals surface area contributed by atoms with Crippen LogP contribution in [0.1, 0.15) is 37.7 Å². The van der Waals surface area contributed by atoms with Gasteiger partial charge in [-0.2, -0.15) is 4.72 Å². The summed E-state index contributed by atoms with van der Waals surface area (Å²) < 4.78 is 41.0. The molecule has 0 amide bonds. The Morgan fingerprint density at radius 3 is 2.48 bits per heavy atom.